The Morgan fingerprint density at radius 2 is 2.00 bits per heavy atom. The van der Waals surface area contributed by atoms with Crippen molar-refractivity contribution in [2.24, 2.45) is 11.7 Å². The molecule has 0 aliphatic carbocycles. The van der Waals surface area contributed by atoms with Crippen LogP contribution in [-0.4, -0.2) is 30.0 Å². The van der Waals surface area contributed by atoms with Crippen LogP contribution in [0.3, 0.4) is 0 Å². The molecular weight excluding hydrogens is 130 g/mol. The van der Waals surface area contributed by atoms with Crippen LogP contribution >= 0.6 is 0 Å². The molecule has 0 aromatic rings. The van der Waals surface area contributed by atoms with Gasteiger partial charge in [0.05, 0.1) is 13.2 Å². The summed E-state index contributed by atoms with van der Waals surface area (Å²) in [6.45, 7) is 4.79. The number of ether oxygens (including phenoxy) is 1. The molecule has 3 N–H and O–H groups in total. The van der Waals surface area contributed by atoms with Crippen LogP contribution in [0.5, 0.6) is 0 Å². The highest BCUT2D eigenvalue weighted by molar-refractivity contribution is 4.96. The van der Waals surface area contributed by atoms with E-state index >= 15 is 0 Å². The lowest BCUT2D eigenvalue weighted by molar-refractivity contribution is -0.194. The lowest BCUT2D eigenvalue weighted by Gasteiger charge is -2.42. The molecule has 0 bridgehead atoms. The first-order valence-electron chi connectivity index (χ1n) is 3.62. The van der Waals surface area contributed by atoms with E-state index in [9.17, 15) is 5.11 Å². The Balaban J connectivity index is 2.46. The summed E-state index contributed by atoms with van der Waals surface area (Å²) < 4.78 is 4.88. The number of hydrogen-bond acceptors (Lipinski definition) is 3. The zero-order valence-electron chi connectivity index (χ0n) is 6.50. The molecular formula is C7H15NO2. The molecule has 3 heteroatoms. The molecule has 1 rings (SSSR count). The van der Waals surface area contributed by atoms with Crippen LogP contribution in [0, 0.1) is 5.92 Å². The van der Waals surface area contributed by atoms with Crippen molar-refractivity contribution in [3.8, 4) is 0 Å². The Kier molecular flexibility index (Phi) is 1.99. The molecule has 0 radical (unpaired) electrons. The largest absolute Gasteiger partial charge is 0.383 e. The highest BCUT2D eigenvalue weighted by atomic mass is 16.5. The summed E-state index contributed by atoms with van der Waals surface area (Å²) in [5.74, 6) is 0.314. The number of nitrogens with two attached hydrogens (primary N) is 1. The highest BCUT2D eigenvalue weighted by Gasteiger charge is 2.43. The molecule has 3 nitrogen and oxygen atoms in total. The van der Waals surface area contributed by atoms with Gasteiger partial charge < -0.3 is 15.6 Å². The standard InChI is InChI=1S/C7H15NO2/c1-5(2)6(8)7(9)3-10-4-7/h5-6,9H,3-4,8H2,1-2H3/t6-/m0/s1. The zero-order chi connectivity index (χ0) is 7.78. The van der Waals surface area contributed by atoms with E-state index in [1.165, 1.54) is 0 Å². The average Bonchev–Trinajstić information content (AvgIpc) is 1.81. The number of aliphatic hydroxyl groups is 1. The van der Waals surface area contributed by atoms with Crippen molar-refractivity contribution < 1.29 is 9.84 Å². The molecule has 1 aliphatic heterocycles. The van der Waals surface area contributed by atoms with Crippen LogP contribution in [0.4, 0.5) is 0 Å². The predicted octanol–water partition coefficient (Wildman–Crippen LogP) is -0.269. The average molecular weight is 145 g/mol. The molecule has 0 aromatic carbocycles. The summed E-state index contributed by atoms with van der Waals surface area (Å²) in [5.41, 5.74) is 4.98. The van der Waals surface area contributed by atoms with E-state index in [1.54, 1.807) is 0 Å². The van der Waals surface area contributed by atoms with E-state index in [4.69, 9.17) is 10.5 Å². The molecule has 0 amide bonds. The summed E-state index contributed by atoms with van der Waals surface area (Å²) in [6, 6.07) is -0.152. The first kappa shape index (κ1) is 7.98. The van der Waals surface area contributed by atoms with Crippen molar-refractivity contribution >= 4 is 0 Å². The lowest BCUT2D eigenvalue weighted by Crippen LogP contribution is -2.63. The van der Waals surface area contributed by atoms with E-state index in [1.807, 2.05) is 13.8 Å². The van der Waals surface area contributed by atoms with Crippen LogP contribution in [0.2, 0.25) is 0 Å². The molecule has 0 saturated carbocycles. The van der Waals surface area contributed by atoms with Crippen LogP contribution in [-0.2, 0) is 4.74 Å². The van der Waals surface area contributed by atoms with Gasteiger partial charge >= 0.3 is 0 Å². The van der Waals surface area contributed by atoms with E-state index in [2.05, 4.69) is 0 Å². The molecule has 1 heterocycles. The van der Waals surface area contributed by atoms with Crippen molar-refractivity contribution in [2.45, 2.75) is 25.5 Å². The van der Waals surface area contributed by atoms with E-state index in [0.29, 0.717) is 19.1 Å². The van der Waals surface area contributed by atoms with Crippen LogP contribution in [0.25, 0.3) is 0 Å². The van der Waals surface area contributed by atoms with E-state index in [0.717, 1.165) is 0 Å². The van der Waals surface area contributed by atoms with Gasteiger partial charge in [0.2, 0.25) is 0 Å². The maximum atomic E-state index is 9.60. The van der Waals surface area contributed by atoms with Gasteiger partial charge in [-0.25, -0.2) is 0 Å². The molecule has 1 saturated heterocycles. The zero-order valence-corrected chi connectivity index (χ0v) is 6.50. The molecule has 0 unspecified atom stereocenters. The van der Waals surface area contributed by atoms with E-state index < -0.39 is 5.60 Å². The molecule has 1 atom stereocenters. The van der Waals surface area contributed by atoms with Crippen molar-refractivity contribution in [3.05, 3.63) is 0 Å². The van der Waals surface area contributed by atoms with Crippen molar-refractivity contribution in [3.63, 3.8) is 0 Å². The topological polar surface area (TPSA) is 55.5 Å². The Labute approximate surface area is 61.2 Å². The summed E-state index contributed by atoms with van der Waals surface area (Å²) in [4.78, 5) is 0. The smallest absolute Gasteiger partial charge is 0.126 e. The minimum atomic E-state index is -0.742. The molecule has 1 aliphatic rings. The fraction of sp³-hybridized carbons (Fsp3) is 1.00. The maximum Gasteiger partial charge on any atom is 0.126 e. The molecule has 1 fully saturated rings. The second kappa shape index (κ2) is 2.49. The SMILES string of the molecule is CC(C)[C@H](N)C1(O)COC1. The van der Waals surface area contributed by atoms with Crippen molar-refractivity contribution in [2.75, 3.05) is 13.2 Å². The van der Waals surface area contributed by atoms with Gasteiger partial charge in [-0.3, -0.25) is 0 Å². The highest BCUT2D eigenvalue weighted by Crippen LogP contribution is 2.23. The number of hydrogen-bond donors (Lipinski definition) is 2. The molecule has 60 valence electrons. The minimum Gasteiger partial charge on any atom is -0.383 e. The monoisotopic (exact) mass is 145 g/mol. The summed E-state index contributed by atoms with van der Waals surface area (Å²) in [7, 11) is 0. The molecule has 10 heavy (non-hydrogen) atoms. The van der Waals surface area contributed by atoms with Gasteiger partial charge in [-0.2, -0.15) is 0 Å². The normalized spacial score (nSPS) is 26.1. The summed E-state index contributed by atoms with van der Waals surface area (Å²) in [5, 5.41) is 9.60. The van der Waals surface area contributed by atoms with Gasteiger partial charge in [0.15, 0.2) is 0 Å². The quantitative estimate of drug-likeness (QED) is 0.562. The minimum absolute atomic E-state index is 0.152. The Morgan fingerprint density at radius 3 is 2.10 bits per heavy atom. The molecule has 0 spiro atoms. The van der Waals surface area contributed by atoms with Gasteiger partial charge in [0.1, 0.15) is 5.60 Å². The van der Waals surface area contributed by atoms with Crippen molar-refractivity contribution in [1.29, 1.82) is 0 Å². The predicted molar refractivity (Wildman–Crippen MR) is 38.6 cm³/mol. The molecule has 0 aromatic heterocycles. The van der Waals surface area contributed by atoms with Gasteiger partial charge in [-0.1, -0.05) is 13.8 Å². The number of rotatable bonds is 2. The third-order valence-electron chi connectivity index (χ3n) is 2.04. The fourth-order valence-corrected chi connectivity index (χ4v) is 1.12. The van der Waals surface area contributed by atoms with Gasteiger partial charge in [0.25, 0.3) is 0 Å². The van der Waals surface area contributed by atoms with Gasteiger partial charge in [0, 0.05) is 6.04 Å². The van der Waals surface area contributed by atoms with Gasteiger partial charge in [-0.15, -0.1) is 0 Å². The summed E-state index contributed by atoms with van der Waals surface area (Å²) in [6.07, 6.45) is 0. The first-order chi connectivity index (χ1) is 4.56. The lowest BCUT2D eigenvalue weighted by atomic mass is 9.85. The van der Waals surface area contributed by atoms with Crippen LogP contribution in [0.1, 0.15) is 13.8 Å². The van der Waals surface area contributed by atoms with E-state index in [-0.39, 0.29) is 6.04 Å². The second-order valence-electron chi connectivity index (χ2n) is 3.37. The second-order valence-corrected chi connectivity index (χ2v) is 3.37. The Hall–Kier alpha value is -0.120. The Morgan fingerprint density at radius 1 is 1.50 bits per heavy atom. The third kappa shape index (κ3) is 1.17. The third-order valence-corrected chi connectivity index (χ3v) is 2.04. The van der Waals surface area contributed by atoms with Gasteiger partial charge in [-0.05, 0) is 5.92 Å². The van der Waals surface area contributed by atoms with Crippen LogP contribution in [0.15, 0.2) is 0 Å². The fourth-order valence-electron chi connectivity index (χ4n) is 1.12. The van der Waals surface area contributed by atoms with Crippen LogP contribution < -0.4 is 5.73 Å². The van der Waals surface area contributed by atoms with Crippen molar-refractivity contribution in [1.82, 2.24) is 0 Å². The first-order valence-corrected chi connectivity index (χ1v) is 3.62. The summed E-state index contributed by atoms with van der Waals surface area (Å²) >= 11 is 0. The Bertz CT molecular complexity index is 121. The maximum absolute atomic E-state index is 9.60.